The Balaban J connectivity index is 1.84. The van der Waals surface area contributed by atoms with Gasteiger partial charge in [0.2, 0.25) is 0 Å². The molecule has 2 aliphatic heterocycles. The van der Waals surface area contributed by atoms with Crippen molar-refractivity contribution in [3.8, 4) is 0 Å². The molecule has 0 amide bonds. The number of fused-ring (bicyclic) bond motifs is 2. The summed E-state index contributed by atoms with van der Waals surface area (Å²) < 4.78 is 0. The Kier molecular flexibility index (Phi) is 3.18. The third-order valence-corrected chi connectivity index (χ3v) is 3.78. The summed E-state index contributed by atoms with van der Waals surface area (Å²) in [7, 11) is 0. The molecule has 0 aliphatic carbocycles. The Bertz CT molecular complexity index is 583. The molecule has 2 heterocycles. The molecule has 0 fully saturated rings. The second-order valence-electron chi connectivity index (χ2n) is 5.11. The van der Waals surface area contributed by atoms with Crippen LogP contribution in [0.4, 0.5) is 0 Å². The van der Waals surface area contributed by atoms with Gasteiger partial charge in [-0.1, -0.05) is 38.0 Å². The molecule has 0 radical (unpaired) electrons. The van der Waals surface area contributed by atoms with Gasteiger partial charge in [-0.3, -0.25) is 0 Å². The van der Waals surface area contributed by atoms with E-state index in [1.165, 1.54) is 42.3 Å². The zero-order chi connectivity index (χ0) is 12.4. The molecule has 2 nitrogen and oxygen atoms in total. The second kappa shape index (κ2) is 4.97. The highest BCUT2D eigenvalue weighted by Gasteiger charge is 2.18. The van der Waals surface area contributed by atoms with E-state index in [9.17, 15) is 0 Å². The topological polar surface area (TPSA) is 15.6 Å². The van der Waals surface area contributed by atoms with Crippen LogP contribution in [-0.4, -0.2) is 18.0 Å². The number of hydrogen-bond acceptors (Lipinski definition) is 2. The van der Waals surface area contributed by atoms with Gasteiger partial charge >= 0.3 is 0 Å². The highest BCUT2D eigenvalue weighted by atomic mass is 15.1. The van der Waals surface area contributed by atoms with Gasteiger partial charge in [0, 0.05) is 24.5 Å². The minimum atomic E-state index is 1.14. The van der Waals surface area contributed by atoms with Crippen LogP contribution in [0, 0.1) is 0 Å². The number of nitrogens with zero attached hydrogens (tertiary/aromatic N) is 2. The Morgan fingerprint density at radius 3 is 3.00 bits per heavy atom. The van der Waals surface area contributed by atoms with Gasteiger partial charge in [0.15, 0.2) is 0 Å². The first-order valence-electron chi connectivity index (χ1n) is 7.01. The van der Waals surface area contributed by atoms with Crippen LogP contribution in [0.25, 0.3) is 5.57 Å². The molecule has 0 aromatic heterocycles. The van der Waals surface area contributed by atoms with Gasteiger partial charge < -0.3 is 4.90 Å². The van der Waals surface area contributed by atoms with E-state index in [-0.39, 0.29) is 0 Å². The summed E-state index contributed by atoms with van der Waals surface area (Å²) >= 11 is 0. The highest BCUT2D eigenvalue weighted by Crippen LogP contribution is 2.23. The molecule has 2 aliphatic rings. The lowest BCUT2D eigenvalue weighted by molar-refractivity contribution is 0.362. The summed E-state index contributed by atoms with van der Waals surface area (Å²) in [6, 6.07) is 8.49. The lowest BCUT2D eigenvalue weighted by Crippen LogP contribution is -2.27. The standard InChI is InChI=1S/C16H20N2/c1-2-3-6-10-18-11-9-14-13-7-4-5-8-15(13)17-16(14)12-18/h4-5,7-8,12H,2-3,6,9-11H2,1H3. The van der Waals surface area contributed by atoms with Crippen LogP contribution in [0.15, 0.2) is 41.2 Å². The van der Waals surface area contributed by atoms with Gasteiger partial charge in [-0.05, 0) is 24.5 Å². The van der Waals surface area contributed by atoms with Crippen molar-refractivity contribution < 1.29 is 0 Å². The summed E-state index contributed by atoms with van der Waals surface area (Å²) in [5, 5.41) is 2.49. The minimum Gasteiger partial charge on any atom is -0.375 e. The molecule has 1 aromatic rings. The minimum absolute atomic E-state index is 1.14. The van der Waals surface area contributed by atoms with Gasteiger partial charge in [-0.15, -0.1) is 0 Å². The molecule has 0 N–H and O–H groups in total. The van der Waals surface area contributed by atoms with Crippen molar-refractivity contribution in [1.29, 1.82) is 0 Å². The van der Waals surface area contributed by atoms with Gasteiger partial charge in [-0.2, -0.15) is 0 Å². The molecule has 2 heteroatoms. The Morgan fingerprint density at radius 2 is 2.11 bits per heavy atom. The molecule has 1 aromatic carbocycles. The number of allylic oxidation sites excluding steroid dienone is 1. The van der Waals surface area contributed by atoms with Crippen molar-refractivity contribution in [2.75, 3.05) is 13.1 Å². The van der Waals surface area contributed by atoms with E-state index in [1.807, 2.05) is 0 Å². The van der Waals surface area contributed by atoms with E-state index in [0.717, 1.165) is 18.3 Å². The summed E-state index contributed by atoms with van der Waals surface area (Å²) in [6.07, 6.45) is 7.31. The average Bonchev–Trinajstić information content (AvgIpc) is 2.76. The molecule has 18 heavy (non-hydrogen) atoms. The molecule has 94 valence electrons. The van der Waals surface area contributed by atoms with Crippen molar-refractivity contribution in [2.45, 2.75) is 32.6 Å². The largest absolute Gasteiger partial charge is 0.375 e. The predicted octanol–water partition coefficient (Wildman–Crippen LogP) is 2.21. The number of para-hydroxylation sites is 1. The molecule has 3 rings (SSSR count). The average molecular weight is 240 g/mol. The molecule has 0 atom stereocenters. The zero-order valence-corrected chi connectivity index (χ0v) is 11.0. The summed E-state index contributed by atoms with van der Waals surface area (Å²) in [6.45, 7) is 4.58. The van der Waals surface area contributed by atoms with Crippen molar-refractivity contribution in [1.82, 2.24) is 4.90 Å². The molecule has 0 saturated heterocycles. The molecule has 0 spiro atoms. The maximum Gasteiger partial charge on any atom is 0.0835 e. The lowest BCUT2D eigenvalue weighted by Gasteiger charge is -2.25. The SMILES string of the molecule is CCCCCN1C=C2N=c3ccccc3=C2CC1. The van der Waals surface area contributed by atoms with Gasteiger partial charge in [0.1, 0.15) is 0 Å². The summed E-state index contributed by atoms with van der Waals surface area (Å²) in [4.78, 5) is 7.17. The molecular weight excluding hydrogens is 220 g/mol. The fourth-order valence-corrected chi connectivity index (χ4v) is 2.77. The molecule has 0 saturated carbocycles. The van der Waals surface area contributed by atoms with Gasteiger partial charge in [-0.25, -0.2) is 4.99 Å². The van der Waals surface area contributed by atoms with Crippen molar-refractivity contribution in [3.05, 3.63) is 46.7 Å². The first-order chi connectivity index (χ1) is 8.88. The first-order valence-corrected chi connectivity index (χ1v) is 7.01. The number of unbranched alkanes of at least 4 members (excludes halogenated alkanes) is 2. The fourth-order valence-electron chi connectivity index (χ4n) is 2.77. The van der Waals surface area contributed by atoms with E-state index in [0.29, 0.717) is 0 Å². The van der Waals surface area contributed by atoms with Crippen LogP contribution in [-0.2, 0) is 0 Å². The maximum absolute atomic E-state index is 4.73. The molecule has 0 bridgehead atoms. The number of rotatable bonds is 4. The Labute approximate surface area is 108 Å². The summed E-state index contributed by atoms with van der Waals surface area (Å²) in [5.74, 6) is 0. The van der Waals surface area contributed by atoms with Crippen LogP contribution < -0.4 is 10.6 Å². The molecular formula is C16H20N2. The van der Waals surface area contributed by atoms with Gasteiger partial charge in [0.05, 0.1) is 11.1 Å². The maximum atomic E-state index is 4.73. The quantitative estimate of drug-likeness (QED) is 0.737. The Hall–Kier alpha value is -1.57. The van der Waals surface area contributed by atoms with Crippen LogP contribution >= 0.6 is 0 Å². The third-order valence-electron chi connectivity index (χ3n) is 3.78. The number of hydrogen-bond donors (Lipinski definition) is 0. The van der Waals surface area contributed by atoms with E-state index in [4.69, 9.17) is 4.99 Å². The van der Waals surface area contributed by atoms with Gasteiger partial charge in [0.25, 0.3) is 0 Å². The summed E-state index contributed by atoms with van der Waals surface area (Å²) in [5.41, 5.74) is 2.64. The Morgan fingerprint density at radius 1 is 1.22 bits per heavy atom. The van der Waals surface area contributed by atoms with Crippen LogP contribution in [0.5, 0.6) is 0 Å². The van der Waals surface area contributed by atoms with Crippen LogP contribution in [0.3, 0.4) is 0 Å². The van der Waals surface area contributed by atoms with E-state index in [2.05, 4.69) is 42.3 Å². The third kappa shape index (κ3) is 2.07. The normalized spacial score (nSPS) is 17.1. The van der Waals surface area contributed by atoms with Crippen LogP contribution in [0.1, 0.15) is 32.6 Å². The lowest BCUT2D eigenvalue weighted by atomic mass is 10.0. The first kappa shape index (κ1) is 11.5. The molecule has 0 unspecified atom stereocenters. The van der Waals surface area contributed by atoms with E-state index >= 15 is 0 Å². The van der Waals surface area contributed by atoms with E-state index in [1.54, 1.807) is 0 Å². The van der Waals surface area contributed by atoms with Crippen molar-refractivity contribution in [2.24, 2.45) is 4.99 Å². The number of benzene rings is 1. The zero-order valence-electron chi connectivity index (χ0n) is 11.0. The predicted molar refractivity (Wildman–Crippen MR) is 74.4 cm³/mol. The smallest absolute Gasteiger partial charge is 0.0835 e. The van der Waals surface area contributed by atoms with Crippen molar-refractivity contribution in [3.63, 3.8) is 0 Å². The second-order valence-corrected chi connectivity index (χ2v) is 5.11. The highest BCUT2D eigenvalue weighted by molar-refractivity contribution is 5.66. The van der Waals surface area contributed by atoms with Crippen LogP contribution in [0.2, 0.25) is 0 Å². The monoisotopic (exact) mass is 240 g/mol. The fraction of sp³-hybridized carbons (Fsp3) is 0.438. The van der Waals surface area contributed by atoms with Crippen molar-refractivity contribution >= 4 is 5.57 Å². The van der Waals surface area contributed by atoms with E-state index < -0.39 is 0 Å².